The predicted molar refractivity (Wildman–Crippen MR) is 131 cm³/mol. The van der Waals surface area contributed by atoms with Gasteiger partial charge in [-0.25, -0.2) is 9.67 Å². The lowest BCUT2D eigenvalue weighted by atomic mass is 10.0. The van der Waals surface area contributed by atoms with Crippen molar-refractivity contribution >= 4 is 16.9 Å². The number of hydrogen-bond donors (Lipinski definition) is 1. The number of nitrogens with zero attached hydrogens (tertiary/aromatic N) is 4. The Hall–Kier alpha value is -2.93. The van der Waals surface area contributed by atoms with Gasteiger partial charge in [-0.3, -0.25) is 9.69 Å². The van der Waals surface area contributed by atoms with Crippen LogP contribution in [0.3, 0.4) is 0 Å². The van der Waals surface area contributed by atoms with Crippen molar-refractivity contribution < 1.29 is 9.53 Å². The van der Waals surface area contributed by atoms with Crippen LogP contribution in [0.4, 0.5) is 0 Å². The summed E-state index contributed by atoms with van der Waals surface area (Å²) in [5.74, 6) is 0.976. The fourth-order valence-electron chi connectivity index (χ4n) is 4.52. The molecule has 1 saturated heterocycles. The third-order valence-electron chi connectivity index (χ3n) is 6.45. The van der Waals surface area contributed by atoms with Gasteiger partial charge in [-0.1, -0.05) is 26.0 Å². The molecule has 0 bridgehead atoms. The summed E-state index contributed by atoms with van der Waals surface area (Å²) < 4.78 is 7.21. The van der Waals surface area contributed by atoms with Gasteiger partial charge in [-0.2, -0.15) is 5.10 Å². The number of amides is 1. The average Bonchev–Trinajstić information content (AvgIpc) is 3.49. The second-order valence-electron chi connectivity index (χ2n) is 9.41. The molecule has 1 aromatic carbocycles. The van der Waals surface area contributed by atoms with Crippen molar-refractivity contribution in [3.8, 4) is 5.75 Å². The molecule has 1 amide bonds. The molecule has 0 saturated carbocycles. The molecule has 176 valence electrons. The van der Waals surface area contributed by atoms with Gasteiger partial charge in [0, 0.05) is 18.3 Å². The molecule has 1 N–H and O–H groups in total. The quantitative estimate of drug-likeness (QED) is 0.539. The highest BCUT2D eigenvalue weighted by Crippen LogP contribution is 2.27. The first-order valence-electron chi connectivity index (χ1n) is 11.9. The van der Waals surface area contributed by atoms with E-state index in [1.54, 1.807) is 13.3 Å². The minimum atomic E-state index is -0.0784. The van der Waals surface area contributed by atoms with Crippen LogP contribution in [0, 0.1) is 0 Å². The first kappa shape index (κ1) is 23.2. The Morgan fingerprint density at radius 3 is 2.42 bits per heavy atom. The van der Waals surface area contributed by atoms with Crippen LogP contribution >= 0.6 is 0 Å². The second kappa shape index (κ2) is 9.91. The molecule has 1 aliphatic heterocycles. The van der Waals surface area contributed by atoms with Gasteiger partial charge in [0.05, 0.1) is 30.3 Å². The average molecular weight is 450 g/mol. The number of ether oxygens (including phenoxy) is 1. The Bertz CT molecular complexity index is 1100. The van der Waals surface area contributed by atoms with Crippen LogP contribution in [0.2, 0.25) is 0 Å². The van der Waals surface area contributed by atoms with Crippen molar-refractivity contribution in [2.24, 2.45) is 0 Å². The Labute approximate surface area is 196 Å². The fraction of sp³-hybridized carbons (Fsp3) is 0.500. The topological polar surface area (TPSA) is 72.3 Å². The van der Waals surface area contributed by atoms with Gasteiger partial charge in [0.25, 0.3) is 5.91 Å². The van der Waals surface area contributed by atoms with Crippen molar-refractivity contribution in [1.29, 1.82) is 0 Å². The SMILES string of the molecule is COc1ccc([C@H](CNC(=O)c2cc(C(C)C)nc3c2cnn3C(C)C)N2CCCC2)cc1. The molecule has 4 rings (SSSR count). The molecular weight excluding hydrogens is 414 g/mol. The molecule has 3 aromatic rings. The Kier molecular flexibility index (Phi) is 6.98. The summed E-state index contributed by atoms with van der Waals surface area (Å²) in [6.07, 6.45) is 4.15. The molecule has 2 aromatic heterocycles. The van der Waals surface area contributed by atoms with Gasteiger partial charge < -0.3 is 10.1 Å². The van der Waals surface area contributed by atoms with Gasteiger partial charge in [0.2, 0.25) is 0 Å². The van der Waals surface area contributed by atoms with Crippen molar-refractivity contribution in [1.82, 2.24) is 25.0 Å². The van der Waals surface area contributed by atoms with Crippen molar-refractivity contribution in [2.75, 3.05) is 26.7 Å². The summed E-state index contributed by atoms with van der Waals surface area (Å²) in [6, 6.07) is 10.4. The maximum Gasteiger partial charge on any atom is 0.252 e. The summed E-state index contributed by atoms with van der Waals surface area (Å²) in [4.78, 5) is 20.7. The summed E-state index contributed by atoms with van der Waals surface area (Å²) in [6.45, 7) is 11.0. The lowest BCUT2D eigenvalue weighted by Gasteiger charge is -2.28. The number of aromatic nitrogens is 3. The van der Waals surface area contributed by atoms with Crippen molar-refractivity contribution in [2.45, 2.75) is 58.5 Å². The highest BCUT2D eigenvalue weighted by molar-refractivity contribution is 6.05. The summed E-state index contributed by atoms with van der Waals surface area (Å²) in [5.41, 5.74) is 3.51. The largest absolute Gasteiger partial charge is 0.497 e. The molecular formula is C26H35N5O2. The van der Waals surface area contributed by atoms with E-state index in [1.807, 2.05) is 22.9 Å². The van der Waals surface area contributed by atoms with Crippen LogP contribution in [-0.2, 0) is 0 Å². The lowest BCUT2D eigenvalue weighted by Crippen LogP contribution is -2.37. The van der Waals surface area contributed by atoms with E-state index in [-0.39, 0.29) is 23.9 Å². The molecule has 1 atom stereocenters. The van der Waals surface area contributed by atoms with E-state index in [0.717, 1.165) is 35.6 Å². The third kappa shape index (κ3) is 4.88. The molecule has 0 radical (unpaired) electrons. The monoisotopic (exact) mass is 449 g/mol. The number of benzene rings is 1. The summed E-state index contributed by atoms with van der Waals surface area (Å²) in [5, 5.41) is 8.54. The van der Waals surface area contributed by atoms with Gasteiger partial charge in [-0.05, 0) is 69.5 Å². The minimum absolute atomic E-state index is 0.0784. The zero-order valence-corrected chi connectivity index (χ0v) is 20.3. The number of carbonyl (C=O) groups is 1. The Morgan fingerprint density at radius 2 is 1.82 bits per heavy atom. The molecule has 1 fully saturated rings. The van der Waals surface area contributed by atoms with Gasteiger partial charge in [0.15, 0.2) is 5.65 Å². The first-order valence-corrected chi connectivity index (χ1v) is 11.9. The predicted octanol–water partition coefficient (Wildman–Crippen LogP) is 4.71. The molecule has 3 heterocycles. The summed E-state index contributed by atoms with van der Waals surface area (Å²) >= 11 is 0. The number of rotatable bonds is 8. The van der Waals surface area contributed by atoms with Crippen LogP contribution in [0.1, 0.15) is 80.2 Å². The number of pyridine rings is 1. The Morgan fingerprint density at radius 1 is 1.12 bits per heavy atom. The molecule has 0 aliphatic carbocycles. The maximum absolute atomic E-state index is 13.4. The van der Waals surface area contributed by atoms with Crippen LogP contribution in [-0.4, -0.2) is 52.3 Å². The number of nitrogens with one attached hydrogen (secondary N) is 1. The van der Waals surface area contributed by atoms with E-state index in [2.05, 4.69) is 55.1 Å². The van der Waals surface area contributed by atoms with Crippen LogP contribution in [0.15, 0.2) is 36.5 Å². The van der Waals surface area contributed by atoms with Crippen LogP contribution in [0.5, 0.6) is 5.75 Å². The molecule has 7 heteroatoms. The van der Waals surface area contributed by atoms with E-state index in [9.17, 15) is 4.79 Å². The van der Waals surface area contributed by atoms with Gasteiger partial charge >= 0.3 is 0 Å². The maximum atomic E-state index is 13.4. The highest BCUT2D eigenvalue weighted by Gasteiger charge is 2.25. The van der Waals surface area contributed by atoms with E-state index >= 15 is 0 Å². The van der Waals surface area contributed by atoms with Crippen LogP contribution < -0.4 is 10.1 Å². The Balaban J connectivity index is 1.62. The minimum Gasteiger partial charge on any atom is -0.497 e. The van der Waals surface area contributed by atoms with Crippen molar-refractivity contribution in [3.63, 3.8) is 0 Å². The van der Waals surface area contributed by atoms with Gasteiger partial charge in [0.1, 0.15) is 5.75 Å². The molecule has 1 aliphatic rings. The van der Waals surface area contributed by atoms with E-state index in [1.165, 1.54) is 18.4 Å². The number of likely N-dealkylation sites (tertiary alicyclic amines) is 1. The van der Waals surface area contributed by atoms with E-state index in [0.29, 0.717) is 12.1 Å². The van der Waals surface area contributed by atoms with E-state index in [4.69, 9.17) is 9.72 Å². The smallest absolute Gasteiger partial charge is 0.252 e. The fourth-order valence-corrected chi connectivity index (χ4v) is 4.52. The van der Waals surface area contributed by atoms with Crippen molar-refractivity contribution in [3.05, 3.63) is 53.3 Å². The van der Waals surface area contributed by atoms with E-state index < -0.39 is 0 Å². The van der Waals surface area contributed by atoms with Gasteiger partial charge in [-0.15, -0.1) is 0 Å². The molecule has 7 nitrogen and oxygen atoms in total. The highest BCUT2D eigenvalue weighted by atomic mass is 16.5. The normalized spacial score (nSPS) is 15.5. The zero-order chi connectivity index (χ0) is 23.5. The summed E-state index contributed by atoms with van der Waals surface area (Å²) in [7, 11) is 1.68. The number of methoxy groups -OCH3 is 1. The first-order chi connectivity index (χ1) is 15.9. The number of hydrogen-bond acceptors (Lipinski definition) is 5. The van der Waals surface area contributed by atoms with Crippen LogP contribution in [0.25, 0.3) is 11.0 Å². The number of carbonyl (C=O) groups excluding carboxylic acids is 1. The standard InChI is InChI=1S/C26H35N5O2/c1-17(2)23-14-21(22-15-28-31(18(3)4)25(22)29-23)26(32)27-16-24(30-12-6-7-13-30)19-8-10-20(33-5)11-9-19/h8-11,14-15,17-18,24H,6-7,12-13,16H2,1-5H3,(H,27,32)/t24-/m0/s1. The second-order valence-corrected chi connectivity index (χ2v) is 9.41. The lowest BCUT2D eigenvalue weighted by molar-refractivity contribution is 0.0939. The number of fused-ring (bicyclic) bond motifs is 1. The molecule has 0 spiro atoms. The molecule has 33 heavy (non-hydrogen) atoms. The zero-order valence-electron chi connectivity index (χ0n) is 20.3. The molecule has 0 unspecified atom stereocenters. The third-order valence-corrected chi connectivity index (χ3v) is 6.45.